The van der Waals surface area contributed by atoms with Crippen LogP contribution in [0.2, 0.25) is 0 Å². The van der Waals surface area contributed by atoms with Crippen LogP contribution in [0, 0.1) is 5.92 Å². The van der Waals surface area contributed by atoms with Crippen molar-refractivity contribution in [3.63, 3.8) is 0 Å². The average Bonchev–Trinajstić information content (AvgIpc) is 3.26. The minimum Gasteiger partial charge on any atom is -0.379 e. The van der Waals surface area contributed by atoms with Gasteiger partial charge in [0, 0.05) is 39.4 Å². The van der Waals surface area contributed by atoms with Crippen molar-refractivity contribution in [3.05, 3.63) is 35.4 Å². The maximum atomic E-state index is 5.84. The van der Waals surface area contributed by atoms with Crippen molar-refractivity contribution in [2.75, 3.05) is 46.0 Å². The van der Waals surface area contributed by atoms with E-state index in [9.17, 15) is 0 Å². The van der Waals surface area contributed by atoms with Crippen LogP contribution >= 0.6 is 24.0 Å². The summed E-state index contributed by atoms with van der Waals surface area (Å²) in [4.78, 5) is 7.44. The van der Waals surface area contributed by atoms with Crippen molar-refractivity contribution in [3.8, 4) is 0 Å². The zero-order valence-corrected chi connectivity index (χ0v) is 21.6. The molecule has 2 heterocycles. The van der Waals surface area contributed by atoms with Crippen LogP contribution in [0.3, 0.4) is 0 Å². The molecule has 176 valence electrons. The highest BCUT2D eigenvalue weighted by atomic mass is 127. The van der Waals surface area contributed by atoms with Crippen molar-refractivity contribution in [1.29, 1.82) is 0 Å². The summed E-state index contributed by atoms with van der Waals surface area (Å²) in [5.74, 6) is 1.68. The van der Waals surface area contributed by atoms with E-state index in [0.717, 1.165) is 64.2 Å². The first-order valence-corrected chi connectivity index (χ1v) is 11.7. The Hall–Kier alpha value is -0.900. The Morgan fingerprint density at radius 3 is 2.81 bits per heavy atom. The third-order valence-electron chi connectivity index (χ3n) is 5.86. The SMILES string of the molecule is CCNC(=NCc1ccccc1CN1CCCC(C)C1)NCCCOC1CCOC1.I. The van der Waals surface area contributed by atoms with Crippen molar-refractivity contribution >= 4 is 29.9 Å². The van der Waals surface area contributed by atoms with Crippen LogP contribution in [0.25, 0.3) is 0 Å². The van der Waals surface area contributed by atoms with Crippen molar-refractivity contribution in [2.24, 2.45) is 10.9 Å². The lowest BCUT2D eigenvalue weighted by molar-refractivity contribution is 0.0420. The molecule has 3 rings (SSSR count). The zero-order chi connectivity index (χ0) is 21.0. The molecule has 2 atom stereocenters. The molecule has 2 unspecified atom stereocenters. The van der Waals surface area contributed by atoms with Gasteiger partial charge in [-0.2, -0.15) is 0 Å². The maximum absolute atomic E-state index is 5.84. The van der Waals surface area contributed by atoms with Gasteiger partial charge in [-0.1, -0.05) is 31.2 Å². The number of hydrogen-bond donors (Lipinski definition) is 2. The molecule has 6 nitrogen and oxygen atoms in total. The minimum atomic E-state index is 0. The van der Waals surface area contributed by atoms with Crippen LogP contribution in [0.1, 0.15) is 50.7 Å². The lowest BCUT2D eigenvalue weighted by Gasteiger charge is -2.31. The largest absolute Gasteiger partial charge is 0.379 e. The van der Waals surface area contributed by atoms with E-state index in [1.807, 2.05) is 0 Å². The summed E-state index contributed by atoms with van der Waals surface area (Å²) >= 11 is 0. The van der Waals surface area contributed by atoms with Gasteiger partial charge in [0.15, 0.2) is 5.96 Å². The van der Waals surface area contributed by atoms with Crippen molar-refractivity contribution < 1.29 is 9.47 Å². The number of nitrogens with one attached hydrogen (secondary N) is 2. The molecule has 0 aromatic heterocycles. The summed E-state index contributed by atoms with van der Waals surface area (Å²) in [6.45, 7) is 12.7. The molecular weight excluding hydrogens is 503 g/mol. The molecule has 0 saturated carbocycles. The molecule has 0 amide bonds. The molecule has 31 heavy (non-hydrogen) atoms. The van der Waals surface area contributed by atoms with Gasteiger partial charge in [-0.15, -0.1) is 24.0 Å². The van der Waals surface area contributed by atoms with E-state index in [0.29, 0.717) is 6.54 Å². The Morgan fingerprint density at radius 1 is 1.23 bits per heavy atom. The number of halogens is 1. The molecule has 1 aromatic rings. The second-order valence-electron chi connectivity index (χ2n) is 8.58. The Kier molecular flexibility index (Phi) is 12.8. The smallest absolute Gasteiger partial charge is 0.191 e. The summed E-state index contributed by atoms with van der Waals surface area (Å²) in [6.07, 6.45) is 4.94. The summed E-state index contributed by atoms with van der Waals surface area (Å²) in [5, 5.41) is 6.80. The molecule has 2 N–H and O–H groups in total. The van der Waals surface area contributed by atoms with Crippen molar-refractivity contribution in [2.45, 2.75) is 58.7 Å². The third kappa shape index (κ3) is 9.63. The molecular formula is C24H41IN4O2. The highest BCUT2D eigenvalue weighted by Crippen LogP contribution is 2.20. The number of rotatable bonds is 10. The Morgan fingerprint density at radius 2 is 2.06 bits per heavy atom. The van der Waals surface area contributed by atoms with E-state index in [2.05, 4.69) is 53.6 Å². The second-order valence-corrected chi connectivity index (χ2v) is 8.58. The quantitative estimate of drug-likeness (QED) is 0.203. The van der Waals surface area contributed by atoms with Crippen LogP contribution in [-0.2, 0) is 22.6 Å². The fourth-order valence-electron chi connectivity index (χ4n) is 4.22. The lowest BCUT2D eigenvalue weighted by atomic mass is 9.99. The number of aliphatic imine (C=N–C) groups is 1. The molecule has 7 heteroatoms. The number of likely N-dealkylation sites (tertiary alicyclic amines) is 1. The topological polar surface area (TPSA) is 58.1 Å². The first kappa shape index (κ1) is 26.4. The number of piperidine rings is 1. The zero-order valence-electron chi connectivity index (χ0n) is 19.3. The number of hydrogen-bond acceptors (Lipinski definition) is 4. The molecule has 0 bridgehead atoms. The van der Waals surface area contributed by atoms with Gasteiger partial charge in [0.25, 0.3) is 0 Å². The molecule has 0 radical (unpaired) electrons. The fourth-order valence-corrected chi connectivity index (χ4v) is 4.22. The van der Waals surface area contributed by atoms with E-state index >= 15 is 0 Å². The number of guanidine groups is 1. The number of nitrogens with zero attached hydrogens (tertiary/aromatic N) is 2. The van der Waals surface area contributed by atoms with Gasteiger partial charge in [-0.25, -0.2) is 4.99 Å². The monoisotopic (exact) mass is 544 g/mol. The van der Waals surface area contributed by atoms with Gasteiger partial charge in [0.05, 0.1) is 19.3 Å². The number of ether oxygens (including phenoxy) is 2. The normalized spacial score (nSPS) is 22.2. The Labute approximate surface area is 205 Å². The molecule has 2 saturated heterocycles. The fraction of sp³-hybridized carbons (Fsp3) is 0.708. The second kappa shape index (κ2) is 15.0. The predicted molar refractivity (Wildman–Crippen MR) is 138 cm³/mol. The van der Waals surface area contributed by atoms with Crippen LogP contribution in [0.4, 0.5) is 0 Å². The van der Waals surface area contributed by atoms with Crippen LogP contribution in [0.5, 0.6) is 0 Å². The molecule has 0 spiro atoms. The van der Waals surface area contributed by atoms with Gasteiger partial charge in [0.2, 0.25) is 0 Å². The van der Waals surface area contributed by atoms with Gasteiger partial charge in [-0.3, -0.25) is 4.90 Å². The van der Waals surface area contributed by atoms with Gasteiger partial charge < -0.3 is 20.1 Å². The predicted octanol–water partition coefficient (Wildman–Crippen LogP) is 3.79. The highest BCUT2D eigenvalue weighted by Gasteiger charge is 2.17. The molecule has 2 fully saturated rings. The van der Waals surface area contributed by atoms with Crippen LogP contribution in [-0.4, -0.2) is 63.0 Å². The van der Waals surface area contributed by atoms with E-state index in [-0.39, 0.29) is 30.1 Å². The summed E-state index contributed by atoms with van der Waals surface area (Å²) in [5.41, 5.74) is 2.72. The Balaban J connectivity index is 0.00000341. The lowest BCUT2D eigenvalue weighted by Crippen LogP contribution is -2.38. The minimum absolute atomic E-state index is 0. The van der Waals surface area contributed by atoms with E-state index in [1.54, 1.807) is 0 Å². The molecule has 2 aliphatic rings. The average molecular weight is 545 g/mol. The molecule has 2 aliphatic heterocycles. The summed E-state index contributed by atoms with van der Waals surface area (Å²) in [6, 6.07) is 8.74. The van der Waals surface area contributed by atoms with Gasteiger partial charge in [0.1, 0.15) is 0 Å². The summed E-state index contributed by atoms with van der Waals surface area (Å²) in [7, 11) is 0. The molecule has 1 aromatic carbocycles. The highest BCUT2D eigenvalue weighted by molar-refractivity contribution is 14.0. The van der Waals surface area contributed by atoms with E-state index < -0.39 is 0 Å². The van der Waals surface area contributed by atoms with Crippen molar-refractivity contribution in [1.82, 2.24) is 15.5 Å². The van der Waals surface area contributed by atoms with Gasteiger partial charge in [-0.05, 0) is 56.2 Å². The summed E-state index contributed by atoms with van der Waals surface area (Å²) < 4.78 is 11.2. The van der Waals surface area contributed by atoms with E-state index in [1.165, 1.54) is 37.1 Å². The van der Waals surface area contributed by atoms with E-state index in [4.69, 9.17) is 14.5 Å². The van der Waals surface area contributed by atoms with Crippen LogP contribution < -0.4 is 10.6 Å². The first-order valence-electron chi connectivity index (χ1n) is 11.7. The molecule has 0 aliphatic carbocycles. The first-order chi connectivity index (χ1) is 14.7. The maximum Gasteiger partial charge on any atom is 0.191 e. The standard InChI is InChI=1S/C24H40N4O2.HI/c1-3-25-24(26-12-7-14-30-23-11-15-29-19-23)27-16-21-9-4-5-10-22(21)18-28-13-6-8-20(2)17-28;/h4-5,9-10,20,23H,3,6-8,11-19H2,1-2H3,(H2,25,26,27);1H. The third-order valence-corrected chi connectivity index (χ3v) is 5.86. The Bertz CT molecular complexity index is 652. The van der Waals surface area contributed by atoms with Gasteiger partial charge >= 0.3 is 0 Å². The number of benzene rings is 1. The van der Waals surface area contributed by atoms with Crippen LogP contribution in [0.15, 0.2) is 29.3 Å².